The molecule has 3 heterocycles. The molecule has 1 atom stereocenters. The zero-order chi connectivity index (χ0) is 20.0. The van der Waals surface area contributed by atoms with Crippen molar-refractivity contribution in [2.75, 3.05) is 6.61 Å². The predicted molar refractivity (Wildman–Crippen MR) is 110 cm³/mol. The summed E-state index contributed by atoms with van der Waals surface area (Å²) in [5.74, 6) is 0.229. The summed E-state index contributed by atoms with van der Waals surface area (Å²) in [4.78, 5) is 25.2. The highest BCUT2D eigenvalue weighted by Gasteiger charge is 2.30. The first-order chi connectivity index (χ1) is 14.1. The van der Waals surface area contributed by atoms with Gasteiger partial charge in [-0.1, -0.05) is 53.7 Å². The van der Waals surface area contributed by atoms with Crippen LogP contribution >= 0.6 is 11.8 Å². The number of aromatic nitrogens is 4. The zero-order valence-electron chi connectivity index (χ0n) is 15.7. The van der Waals surface area contributed by atoms with Crippen molar-refractivity contribution in [2.45, 2.75) is 30.3 Å². The van der Waals surface area contributed by atoms with E-state index < -0.39 is 0 Å². The van der Waals surface area contributed by atoms with Crippen LogP contribution in [0.5, 0.6) is 0 Å². The first-order valence-electron chi connectivity index (χ1n) is 9.37. The van der Waals surface area contributed by atoms with Gasteiger partial charge in [0.05, 0.1) is 24.1 Å². The van der Waals surface area contributed by atoms with Crippen LogP contribution in [0, 0.1) is 6.92 Å². The SMILES string of the molecule is Cc1ccc(Cn2c(=O)c3ccccc3n3c(S[C@H]4CCOC4=O)nnc23)cc1. The van der Waals surface area contributed by atoms with Crippen molar-refractivity contribution in [1.82, 2.24) is 19.2 Å². The van der Waals surface area contributed by atoms with Crippen LogP contribution in [0.3, 0.4) is 0 Å². The summed E-state index contributed by atoms with van der Waals surface area (Å²) in [6, 6.07) is 15.5. The van der Waals surface area contributed by atoms with Crippen molar-refractivity contribution in [3.05, 3.63) is 70.0 Å². The number of benzene rings is 2. The molecular formula is C21H18N4O3S. The number of nitrogens with zero attached hydrogens (tertiary/aromatic N) is 4. The second-order valence-electron chi connectivity index (χ2n) is 7.07. The third-order valence-electron chi connectivity index (χ3n) is 5.07. The number of carbonyl (C=O) groups is 1. The molecule has 0 amide bonds. The van der Waals surface area contributed by atoms with Gasteiger partial charge >= 0.3 is 5.97 Å². The molecule has 2 aromatic heterocycles. The third-order valence-corrected chi connectivity index (χ3v) is 6.26. The van der Waals surface area contributed by atoms with Gasteiger partial charge in [-0.2, -0.15) is 0 Å². The van der Waals surface area contributed by atoms with Gasteiger partial charge in [-0.15, -0.1) is 10.2 Å². The van der Waals surface area contributed by atoms with E-state index in [4.69, 9.17) is 4.74 Å². The van der Waals surface area contributed by atoms with E-state index in [0.717, 1.165) is 16.6 Å². The van der Waals surface area contributed by atoms with Crippen molar-refractivity contribution in [3.63, 3.8) is 0 Å². The van der Waals surface area contributed by atoms with E-state index in [0.29, 0.717) is 35.9 Å². The highest BCUT2D eigenvalue weighted by Crippen LogP contribution is 2.30. The van der Waals surface area contributed by atoms with Crippen LogP contribution in [0.1, 0.15) is 17.5 Å². The number of hydrogen-bond donors (Lipinski definition) is 0. The number of esters is 1. The van der Waals surface area contributed by atoms with Crippen molar-refractivity contribution in [3.8, 4) is 0 Å². The topological polar surface area (TPSA) is 78.5 Å². The molecule has 0 spiro atoms. The van der Waals surface area contributed by atoms with Crippen LogP contribution in [-0.2, 0) is 16.1 Å². The smallest absolute Gasteiger partial charge is 0.319 e. The fourth-order valence-corrected chi connectivity index (χ4v) is 4.55. The highest BCUT2D eigenvalue weighted by atomic mass is 32.2. The van der Waals surface area contributed by atoms with Crippen LogP contribution in [0.4, 0.5) is 0 Å². The Morgan fingerprint density at radius 3 is 2.66 bits per heavy atom. The fraction of sp³-hybridized carbons (Fsp3) is 0.238. The number of para-hydroxylation sites is 1. The predicted octanol–water partition coefficient (Wildman–Crippen LogP) is 2.81. The summed E-state index contributed by atoms with van der Waals surface area (Å²) in [5, 5.41) is 9.48. The van der Waals surface area contributed by atoms with Crippen molar-refractivity contribution in [1.29, 1.82) is 0 Å². The molecule has 0 unspecified atom stereocenters. The second kappa shape index (κ2) is 7.04. The van der Waals surface area contributed by atoms with Crippen molar-refractivity contribution in [2.24, 2.45) is 0 Å². The number of rotatable bonds is 4. The molecule has 5 rings (SSSR count). The summed E-state index contributed by atoms with van der Waals surface area (Å²) in [6.45, 7) is 2.84. The minimum absolute atomic E-state index is 0.113. The number of thioether (sulfide) groups is 1. The normalized spacial score (nSPS) is 16.6. The molecule has 1 fully saturated rings. The number of cyclic esters (lactones) is 1. The Labute approximate surface area is 170 Å². The molecule has 1 aliphatic rings. The number of aryl methyl sites for hydroxylation is 1. The van der Waals surface area contributed by atoms with Gasteiger partial charge in [0, 0.05) is 6.42 Å². The quantitative estimate of drug-likeness (QED) is 0.485. The van der Waals surface area contributed by atoms with Crippen LogP contribution < -0.4 is 5.56 Å². The maximum atomic E-state index is 13.2. The number of fused-ring (bicyclic) bond motifs is 3. The van der Waals surface area contributed by atoms with E-state index in [1.807, 2.05) is 53.8 Å². The average Bonchev–Trinajstić information content (AvgIpc) is 3.33. The average molecular weight is 406 g/mol. The maximum Gasteiger partial charge on any atom is 0.319 e. The minimum atomic E-state index is -0.307. The number of ether oxygens (including phenoxy) is 1. The monoisotopic (exact) mass is 406 g/mol. The summed E-state index contributed by atoms with van der Waals surface area (Å²) in [5.41, 5.74) is 2.78. The lowest BCUT2D eigenvalue weighted by Gasteiger charge is -2.12. The Morgan fingerprint density at radius 2 is 1.90 bits per heavy atom. The maximum absolute atomic E-state index is 13.2. The molecule has 0 saturated carbocycles. The Hall–Kier alpha value is -3.13. The molecule has 1 aliphatic heterocycles. The number of hydrogen-bond acceptors (Lipinski definition) is 6. The lowest BCUT2D eigenvalue weighted by molar-refractivity contribution is -0.137. The molecule has 0 radical (unpaired) electrons. The van der Waals surface area contributed by atoms with E-state index in [1.165, 1.54) is 11.8 Å². The minimum Gasteiger partial charge on any atom is -0.465 e. The Morgan fingerprint density at radius 1 is 1.10 bits per heavy atom. The van der Waals surface area contributed by atoms with Crippen LogP contribution in [0.25, 0.3) is 16.7 Å². The summed E-state index contributed by atoms with van der Waals surface area (Å²) in [7, 11) is 0. The molecule has 4 aromatic rings. The van der Waals surface area contributed by atoms with Crippen molar-refractivity contribution >= 4 is 34.4 Å². The van der Waals surface area contributed by atoms with Gasteiger partial charge in [0.1, 0.15) is 5.25 Å². The Bertz CT molecular complexity index is 1290. The van der Waals surface area contributed by atoms with Gasteiger partial charge in [-0.3, -0.25) is 18.6 Å². The molecule has 0 bridgehead atoms. The molecule has 1 saturated heterocycles. The van der Waals surface area contributed by atoms with E-state index in [1.54, 1.807) is 10.6 Å². The van der Waals surface area contributed by atoms with Gasteiger partial charge in [0.25, 0.3) is 5.56 Å². The second-order valence-corrected chi connectivity index (χ2v) is 8.24. The van der Waals surface area contributed by atoms with Gasteiger partial charge in [0.15, 0.2) is 5.16 Å². The summed E-state index contributed by atoms with van der Waals surface area (Å²) in [6.07, 6.45) is 0.638. The highest BCUT2D eigenvalue weighted by molar-refractivity contribution is 8.00. The van der Waals surface area contributed by atoms with E-state index in [2.05, 4.69) is 10.2 Å². The molecule has 7 nitrogen and oxygen atoms in total. The summed E-state index contributed by atoms with van der Waals surface area (Å²) < 4.78 is 8.57. The largest absolute Gasteiger partial charge is 0.465 e. The van der Waals surface area contributed by atoms with Crippen molar-refractivity contribution < 1.29 is 9.53 Å². The molecule has 0 N–H and O–H groups in total. The van der Waals surface area contributed by atoms with Crippen LogP contribution in [-0.4, -0.2) is 37.0 Å². The Kier molecular flexibility index (Phi) is 4.35. The first-order valence-corrected chi connectivity index (χ1v) is 10.3. The molecule has 2 aromatic carbocycles. The number of carbonyl (C=O) groups excluding carboxylic acids is 1. The lowest BCUT2D eigenvalue weighted by Crippen LogP contribution is -2.24. The first kappa shape index (κ1) is 17.9. The third kappa shape index (κ3) is 3.09. The fourth-order valence-electron chi connectivity index (χ4n) is 3.54. The van der Waals surface area contributed by atoms with Gasteiger partial charge in [-0.05, 0) is 24.6 Å². The van der Waals surface area contributed by atoms with E-state index >= 15 is 0 Å². The Balaban J connectivity index is 1.70. The van der Waals surface area contributed by atoms with E-state index in [-0.39, 0.29) is 16.8 Å². The van der Waals surface area contributed by atoms with Crippen LogP contribution in [0.15, 0.2) is 58.5 Å². The molecular weight excluding hydrogens is 388 g/mol. The van der Waals surface area contributed by atoms with Gasteiger partial charge < -0.3 is 4.74 Å². The standard InChI is InChI=1S/C21H18N4O3S/c1-13-6-8-14(9-7-13)12-24-18(26)15-4-2-3-5-16(15)25-20(24)22-23-21(25)29-17-10-11-28-19(17)27/h2-9,17H,10-12H2,1H3/t17-/m0/s1. The molecule has 0 aliphatic carbocycles. The molecule has 146 valence electrons. The van der Waals surface area contributed by atoms with Gasteiger partial charge in [-0.25, -0.2) is 0 Å². The molecule has 8 heteroatoms. The lowest BCUT2D eigenvalue weighted by atomic mass is 10.1. The van der Waals surface area contributed by atoms with E-state index in [9.17, 15) is 9.59 Å². The summed E-state index contributed by atoms with van der Waals surface area (Å²) >= 11 is 1.33. The van der Waals surface area contributed by atoms with Crippen LogP contribution in [0.2, 0.25) is 0 Å². The van der Waals surface area contributed by atoms with Gasteiger partial charge in [0.2, 0.25) is 5.78 Å². The molecule has 29 heavy (non-hydrogen) atoms. The zero-order valence-corrected chi connectivity index (χ0v) is 16.6.